The standard InChI is InChI=1S/C10H11N3/c1-2-9-3-4-10(12-7-9)13-6-5-11-8-13/h3-8H,2H2,1H3. The molecule has 2 aromatic rings. The smallest absolute Gasteiger partial charge is 0.137 e. The molecule has 2 aromatic heterocycles. The van der Waals surface area contributed by atoms with Crippen molar-refractivity contribution in [2.75, 3.05) is 0 Å². The lowest BCUT2D eigenvalue weighted by molar-refractivity contribution is 0.977. The summed E-state index contributed by atoms with van der Waals surface area (Å²) in [5.41, 5.74) is 1.25. The van der Waals surface area contributed by atoms with Gasteiger partial charge in [-0.25, -0.2) is 9.97 Å². The van der Waals surface area contributed by atoms with Gasteiger partial charge in [-0.2, -0.15) is 0 Å². The molecule has 0 aliphatic heterocycles. The molecule has 0 N–H and O–H groups in total. The second kappa shape index (κ2) is 3.39. The summed E-state index contributed by atoms with van der Waals surface area (Å²) >= 11 is 0. The van der Waals surface area contributed by atoms with Crippen molar-refractivity contribution in [1.82, 2.24) is 14.5 Å². The Morgan fingerprint density at radius 1 is 1.38 bits per heavy atom. The Morgan fingerprint density at radius 3 is 2.85 bits per heavy atom. The van der Waals surface area contributed by atoms with E-state index >= 15 is 0 Å². The number of aryl methyl sites for hydroxylation is 1. The molecule has 0 aromatic carbocycles. The van der Waals surface area contributed by atoms with E-state index in [1.165, 1.54) is 5.56 Å². The lowest BCUT2D eigenvalue weighted by Gasteiger charge is -2.01. The number of hydrogen-bond acceptors (Lipinski definition) is 2. The summed E-state index contributed by atoms with van der Waals surface area (Å²) in [6, 6.07) is 4.09. The minimum atomic E-state index is 0.912. The van der Waals surface area contributed by atoms with Gasteiger partial charge in [-0.3, -0.25) is 4.57 Å². The van der Waals surface area contributed by atoms with Crippen LogP contribution in [-0.2, 0) is 6.42 Å². The maximum atomic E-state index is 4.31. The lowest BCUT2D eigenvalue weighted by atomic mass is 10.2. The van der Waals surface area contributed by atoms with Gasteiger partial charge in [0.1, 0.15) is 12.1 Å². The van der Waals surface area contributed by atoms with Gasteiger partial charge in [0.2, 0.25) is 0 Å². The Bertz CT molecular complexity index is 362. The van der Waals surface area contributed by atoms with E-state index < -0.39 is 0 Å². The van der Waals surface area contributed by atoms with Crippen molar-refractivity contribution in [3.63, 3.8) is 0 Å². The molecule has 0 amide bonds. The molecule has 2 heterocycles. The van der Waals surface area contributed by atoms with E-state index in [1.807, 2.05) is 23.0 Å². The van der Waals surface area contributed by atoms with E-state index in [-0.39, 0.29) is 0 Å². The van der Waals surface area contributed by atoms with Crippen LogP contribution in [0.4, 0.5) is 0 Å². The Kier molecular flexibility index (Phi) is 2.08. The molecular formula is C10H11N3. The van der Waals surface area contributed by atoms with Crippen LogP contribution < -0.4 is 0 Å². The van der Waals surface area contributed by atoms with Crippen LogP contribution in [0.5, 0.6) is 0 Å². The Hall–Kier alpha value is -1.64. The number of imidazole rings is 1. The monoisotopic (exact) mass is 173 g/mol. The van der Waals surface area contributed by atoms with Crippen molar-refractivity contribution in [3.05, 3.63) is 42.6 Å². The highest BCUT2D eigenvalue weighted by molar-refractivity contribution is 5.25. The molecule has 0 unspecified atom stereocenters. The Labute approximate surface area is 77.1 Å². The molecule has 3 heteroatoms. The van der Waals surface area contributed by atoms with Crippen molar-refractivity contribution in [2.24, 2.45) is 0 Å². The molecule has 0 aliphatic carbocycles. The summed E-state index contributed by atoms with van der Waals surface area (Å²) in [4.78, 5) is 8.28. The molecule has 0 atom stereocenters. The topological polar surface area (TPSA) is 30.7 Å². The van der Waals surface area contributed by atoms with Crippen LogP contribution in [-0.4, -0.2) is 14.5 Å². The Balaban J connectivity index is 2.33. The normalized spacial score (nSPS) is 10.2. The fourth-order valence-corrected chi connectivity index (χ4v) is 1.17. The van der Waals surface area contributed by atoms with Crippen LogP contribution >= 0.6 is 0 Å². The quantitative estimate of drug-likeness (QED) is 0.693. The van der Waals surface area contributed by atoms with E-state index in [4.69, 9.17) is 0 Å². The van der Waals surface area contributed by atoms with Crippen molar-refractivity contribution in [3.8, 4) is 5.82 Å². The molecule has 0 fully saturated rings. The molecule has 0 saturated carbocycles. The molecule has 3 nitrogen and oxygen atoms in total. The van der Waals surface area contributed by atoms with Crippen LogP contribution in [0, 0.1) is 0 Å². The van der Waals surface area contributed by atoms with Gasteiger partial charge in [-0.05, 0) is 18.1 Å². The zero-order valence-corrected chi connectivity index (χ0v) is 7.51. The number of rotatable bonds is 2. The molecule has 0 radical (unpaired) electrons. The SMILES string of the molecule is CCc1ccc(-n2ccnc2)nc1. The van der Waals surface area contributed by atoms with E-state index in [1.54, 1.807) is 12.5 Å². The third kappa shape index (κ3) is 1.59. The highest BCUT2D eigenvalue weighted by atomic mass is 15.1. The van der Waals surface area contributed by atoms with E-state index in [9.17, 15) is 0 Å². The van der Waals surface area contributed by atoms with Crippen LogP contribution in [0.15, 0.2) is 37.1 Å². The van der Waals surface area contributed by atoms with Gasteiger partial charge in [0.15, 0.2) is 0 Å². The fourth-order valence-electron chi connectivity index (χ4n) is 1.17. The van der Waals surface area contributed by atoms with Gasteiger partial charge in [0, 0.05) is 18.6 Å². The van der Waals surface area contributed by atoms with Gasteiger partial charge in [0.05, 0.1) is 0 Å². The van der Waals surface area contributed by atoms with Crippen molar-refractivity contribution in [2.45, 2.75) is 13.3 Å². The van der Waals surface area contributed by atoms with Crippen molar-refractivity contribution >= 4 is 0 Å². The van der Waals surface area contributed by atoms with Crippen LogP contribution in [0.25, 0.3) is 5.82 Å². The minimum absolute atomic E-state index is 0.912. The highest BCUT2D eigenvalue weighted by Gasteiger charge is 1.95. The number of aromatic nitrogens is 3. The minimum Gasteiger partial charge on any atom is -0.291 e. The summed E-state index contributed by atoms with van der Waals surface area (Å²) in [6.45, 7) is 2.12. The first-order valence-corrected chi connectivity index (χ1v) is 4.33. The summed E-state index contributed by atoms with van der Waals surface area (Å²) in [5, 5.41) is 0. The molecule has 66 valence electrons. The summed E-state index contributed by atoms with van der Waals surface area (Å²) < 4.78 is 1.89. The highest BCUT2D eigenvalue weighted by Crippen LogP contribution is 2.05. The van der Waals surface area contributed by atoms with Gasteiger partial charge < -0.3 is 0 Å². The zero-order chi connectivity index (χ0) is 9.10. The van der Waals surface area contributed by atoms with Crippen LogP contribution in [0.3, 0.4) is 0 Å². The Morgan fingerprint density at radius 2 is 2.31 bits per heavy atom. The first-order valence-electron chi connectivity index (χ1n) is 4.33. The molecule has 0 saturated heterocycles. The van der Waals surface area contributed by atoms with Gasteiger partial charge in [0.25, 0.3) is 0 Å². The average molecular weight is 173 g/mol. The van der Waals surface area contributed by atoms with Gasteiger partial charge in [-0.15, -0.1) is 0 Å². The average Bonchev–Trinajstić information content (AvgIpc) is 2.71. The summed E-state index contributed by atoms with van der Waals surface area (Å²) in [5.74, 6) is 0.912. The second-order valence-electron chi connectivity index (χ2n) is 2.85. The van der Waals surface area contributed by atoms with Crippen LogP contribution in [0.2, 0.25) is 0 Å². The third-order valence-corrected chi connectivity index (χ3v) is 1.99. The van der Waals surface area contributed by atoms with E-state index in [2.05, 4.69) is 23.0 Å². The third-order valence-electron chi connectivity index (χ3n) is 1.99. The summed E-state index contributed by atoms with van der Waals surface area (Å²) in [7, 11) is 0. The second-order valence-corrected chi connectivity index (χ2v) is 2.85. The molecular weight excluding hydrogens is 162 g/mol. The first-order chi connectivity index (χ1) is 6.40. The molecule has 2 rings (SSSR count). The van der Waals surface area contributed by atoms with Crippen molar-refractivity contribution in [1.29, 1.82) is 0 Å². The number of pyridine rings is 1. The molecule has 13 heavy (non-hydrogen) atoms. The van der Waals surface area contributed by atoms with E-state index in [0.717, 1.165) is 12.2 Å². The molecule has 0 aliphatic rings. The predicted molar refractivity (Wildman–Crippen MR) is 50.7 cm³/mol. The maximum Gasteiger partial charge on any atom is 0.137 e. The first kappa shape index (κ1) is 7.98. The van der Waals surface area contributed by atoms with Crippen molar-refractivity contribution < 1.29 is 0 Å². The maximum absolute atomic E-state index is 4.31. The van der Waals surface area contributed by atoms with E-state index in [0.29, 0.717) is 0 Å². The van der Waals surface area contributed by atoms with Gasteiger partial charge >= 0.3 is 0 Å². The molecule has 0 spiro atoms. The predicted octanol–water partition coefficient (Wildman–Crippen LogP) is 1.83. The fraction of sp³-hybridized carbons (Fsp3) is 0.200. The number of hydrogen-bond donors (Lipinski definition) is 0. The van der Waals surface area contributed by atoms with Gasteiger partial charge in [-0.1, -0.05) is 13.0 Å². The van der Waals surface area contributed by atoms with Crippen LogP contribution in [0.1, 0.15) is 12.5 Å². The zero-order valence-electron chi connectivity index (χ0n) is 7.51. The largest absolute Gasteiger partial charge is 0.291 e. The summed E-state index contributed by atoms with van der Waals surface area (Å²) in [6.07, 6.45) is 8.30. The number of nitrogens with zero attached hydrogens (tertiary/aromatic N) is 3. The molecule has 0 bridgehead atoms. The lowest BCUT2D eigenvalue weighted by Crippen LogP contribution is -1.94.